The molecule has 3 rings (SSSR count). The topological polar surface area (TPSA) is 111 Å². The third-order valence-corrected chi connectivity index (χ3v) is 4.71. The maximum Gasteiger partial charge on any atom is 0.342 e. The summed E-state index contributed by atoms with van der Waals surface area (Å²) in [6.45, 7) is 1.29. The van der Waals surface area contributed by atoms with Gasteiger partial charge in [0.05, 0.1) is 34.0 Å². The first-order valence-electron chi connectivity index (χ1n) is 9.68. The maximum absolute atomic E-state index is 12.8. The molecule has 0 amide bonds. The Labute approximate surface area is 189 Å². The Bertz CT molecular complexity index is 1250. The van der Waals surface area contributed by atoms with E-state index in [-0.39, 0.29) is 17.1 Å². The van der Waals surface area contributed by atoms with Crippen LogP contribution in [-0.4, -0.2) is 46.3 Å². The van der Waals surface area contributed by atoms with E-state index in [4.69, 9.17) is 23.4 Å². The molecule has 0 saturated heterocycles. The molecule has 33 heavy (non-hydrogen) atoms. The number of esters is 3. The van der Waals surface area contributed by atoms with Crippen molar-refractivity contribution in [3.63, 3.8) is 0 Å². The van der Waals surface area contributed by atoms with Gasteiger partial charge in [0.1, 0.15) is 28.4 Å². The zero-order chi connectivity index (χ0) is 24.1. The predicted octanol–water partition coefficient (Wildman–Crippen LogP) is 4.02. The van der Waals surface area contributed by atoms with Gasteiger partial charge in [0.15, 0.2) is 5.76 Å². The first kappa shape index (κ1) is 23.4. The van der Waals surface area contributed by atoms with Gasteiger partial charge in [-0.05, 0) is 24.3 Å². The van der Waals surface area contributed by atoms with Crippen molar-refractivity contribution in [1.82, 2.24) is 0 Å². The normalized spacial score (nSPS) is 10.8. The molecule has 0 radical (unpaired) electrons. The first-order valence-corrected chi connectivity index (χ1v) is 9.68. The quantitative estimate of drug-likeness (QED) is 0.297. The molecule has 9 heteroatoms. The first-order chi connectivity index (χ1) is 15.8. The highest BCUT2D eigenvalue weighted by molar-refractivity contribution is 6.10. The minimum Gasteiger partial charge on any atom is -0.496 e. The van der Waals surface area contributed by atoms with Crippen LogP contribution in [0, 0.1) is 0 Å². The fraction of sp³-hybridized carbons (Fsp3) is 0.208. The van der Waals surface area contributed by atoms with E-state index in [2.05, 4.69) is 4.74 Å². The van der Waals surface area contributed by atoms with Crippen LogP contribution in [0.3, 0.4) is 0 Å². The van der Waals surface area contributed by atoms with Crippen LogP contribution in [0.5, 0.6) is 17.2 Å². The molecule has 1 aromatic heterocycles. The van der Waals surface area contributed by atoms with Crippen molar-refractivity contribution in [2.75, 3.05) is 28.4 Å². The van der Waals surface area contributed by atoms with E-state index < -0.39 is 17.9 Å². The number of hydrogen-bond donors (Lipinski definition) is 0. The number of ether oxygens (including phenoxy) is 5. The van der Waals surface area contributed by atoms with Gasteiger partial charge in [-0.3, -0.25) is 4.79 Å². The van der Waals surface area contributed by atoms with Crippen LogP contribution in [0.1, 0.15) is 22.8 Å². The van der Waals surface area contributed by atoms with Gasteiger partial charge in [0.25, 0.3) is 0 Å². The number of carbonyl (C=O) groups is 3. The lowest BCUT2D eigenvalue weighted by molar-refractivity contribution is -0.135. The van der Waals surface area contributed by atoms with E-state index in [0.717, 1.165) is 0 Å². The lowest BCUT2D eigenvalue weighted by Crippen LogP contribution is -2.04. The van der Waals surface area contributed by atoms with Gasteiger partial charge in [0, 0.05) is 36.1 Å². The fourth-order valence-corrected chi connectivity index (χ4v) is 3.26. The highest BCUT2D eigenvalue weighted by Crippen LogP contribution is 2.42. The summed E-state index contributed by atoms with van der Waals surface area (Å²) in [5.74, 6) is -0.468. The Morgan fingerprint density at radius 1 is 0.909 bits per heavy atom. The molecule has 0 fully saturated rings. The Morgan fingerprint density at radius 3 is 2.24 bits per heavy atom. The van der Waals surface area contributed by atoms with Gasteiger partial charge in [-0.15, -0.1) is 0 Å². The molecule has 0 N–H and O–H groups in total. The number of furan rings is 1. The Balaban J connectivity index is 2.26. The van der Waals surface area contributed by atoms with Crippen LogP contribution in [0.15, 0.2) is 40.8 Å². The molecule has 172 valence electrons. The second kappa shape index (κ2) is 9.90. The Morgan fingerprint density at radius 2 is 1.64 bits per heavy atom. The molecular weight excluding hydrogens is 432 g/mol. The molecule has 0 bridgehead atoms. The molecule has 0 aliphatic rings. The fourth-order valence-electron chi connectivity index (χ4n) is 3.26. The van der Waals surface area contributed by atoms with Crippen LogP contribution >= 0.6 is 0 Å². The largest absolute Gasteiger partial charge is 0.496 e. The van der Waals surface area contributed by atoms with Crippen molar-refractivity contribution in [3.8, 4) is 28.6 Å². The summed E-state index contributed by atoms with van der Waals surface area (Å²) >= 11 is 0. The summed E-state index contributed by atoms with van der Waals surface area (Å²) in [4.78, 5) is 35.6. The predicted molar refractivity (Wildman–Crippen MR) is 118 cm³/mol. The number of fused-ring (bicyclic) bond motifs is 1. The smallest absolute Gasteiger partial charge is 0.342 e. The van der Waals surface area contributed by atoms with Crippen molar-refractivity contribution in [1.29, 1.82) is 0 Å². The van der Waals surface area contributed by atoms with Crippen molar-refractivity contribution in [2.24, 2.45) is 0 Å². The summed E-state index contributed by atoms with van der Waals surface area (Å²) < 4.78 is 31.6. The van der Waals surface area contributed by atoms with Gasteiger partial charge in [-0.2, -0.15) is 0 Å². The van der Waals surface area contributed by atoms with E-state index in [1.807, 2.05) is 0 Å². The van der Waals surface area contributed by atoms with E-state index in [9.17, 15) is 14.4 Å². The van der Waals surface area contributed by atoms with Gasteiger partial charge < -0.3 is 28.1 Å². The molecular formula is C24H22O9. The highest BCUT2D eigenvalue weighted by Gasteiger charge is 2.26. The van der Waals surface area contributed by atoms with Crippen LogP contribution in [-0.2, 0) is 19.1 Å². The molecule has 0 unspecified atom stereocenters. The molecule has 0 aliphatic heterocycles. The van der Waals surface area contributed by atoms with Crippen LogP contribution in [0.2, 0.25) is 0 Å². The highest BCUT2D eigenvalue weighted by atomic mass is 16.5. The van der Waals surface area contributed by atoms with Crippen molar-refractivity contribution in [3.05, 3.63) is 47.5 Å². The zero-order valence-electron chi connectivity index (χ0n) is 18.7. The molecule has 0 spiro atoms. The summed E-state index contributed by atoms with van der Waals surface area (Å²) in [5.41, 5.74) is 1.46. The third-order valence-electron chi connectivity index (χ3n) is 4.71. The molecule has 0 saturated carbocycles. The minimum absolute atomic E-state index is 0.154. The van der Waals surface area contributed by atoms with Crippen molar-refractivity contribution >= 4 is 35.0 Å². The number of methoxy groups -OCH3 is 4. The average Bonchev–Trinajstić information content (AvgIpc) is 3.18. The van der Waals surface area contributed by atoms with Gasteiger partial charge >= 0.3 is 17.9 Å². The second-order valence-corrected chi connectivity index (χ2v) is 6.70. The van der Waals surface area contributed by atoms with Crippen LogP contribution in [0.4, 0.5) is 0 Å². The second-order valence-electron chi connectivity index (χ2n) is 6.70. The number of rotatable bonds is 7. The summed E-state index contributed by atoms with van der Waals surface area (Å²) in [6, 6.07) is 7.92. The summed E-state index contributed by atoms with van der Waals surface area (Å²) in [5, 5.41) is 0.438. The zero-order valence-corrected chi connectivity index (χ0v) is 18.7. The molecule has 9 nitrogen and oxygen atoms in total. The van der Waals surface area contributed by atoms with Crippen LogP contribution < -0.4 is 14.2 Å². The minimum atomic E-state index is -0.636. The molecule has 2 aromatic carbocycles. The van der Waals surface area contributed by atoms with Crippen molar-refractivity contribution in [2.45, 2.75) is 6.92 Å². The molecule has 0 aliphatic carbocycles. The summed E-state index contributed by atoms with van der Waals surface area (Å²) in [7, 11) is 5.44. The third kappa shape index (κ3) is 4.82. The van der Waals surface area contributed by atoms with E-state index >= 15 is 0 Å². The lowest BCUT2D eigenvalue weighted by atomic mass is 10.0. The average molecular weight is 454 g/mol. The van der Waals surface area contributed by atoms with E-state index in [0.29, 0.717) is 33.6 Å². The Hall–Kier alpha value is -4.27. The van der Waals surface area contributed by atoms with Crippen molar-refractivity contribution < 1.29 is 42.5 Å². The molecule has 3 aromatic rings. The Kier molecular flexibility index (Phi) is 7.02. The number of carbonyl (C=O) groups excluding carboxylic acids is 3. The SMILES string of the molecule is COC(=O)/C=C/c1cc2c(C(=O)OC)c(-c3ccc(OC(C)=O)cc3OC)oc2cc1OC. The van der Waals surface area contributed by atoms with Gasteiger partial charge in [-0.25, -0.2) is 9.59 Å². The monoisotopic (exact) mass is 454 g/mol. The lowest BCUT2D eigenvalue weighted by Gasteiger charge is -2.10. The number of benzene rings is 2. The van der Waals surface area contributed by atoms with Gasteiger partial charge in [-0.1, -0.05) is 0 Å². The molecule has 0 atom stereocenters. The van der Waals surface area contributed by atoms with Crippen LogP contribution in [0.25, 0.3) is 28.4 Å². The summed E-state index contributed by atoms with van der Waals surface area (Å²) in [6.07, 6.45) is 2.74. The van der Waals surface area contributed by atoms with Gasteiger partial charge in [0.2, 0.25) is 0 Å². The standard InChI is InChI=1S/C24H22O9/c1-13(25)32-15-7-8-16(19(11-15)29-3)23-22(24(27)31-5)17-10-14(6-9-21(26)30-4)18(28-2)12-20(17)33-23/h6-12H,1-5H3/b9-6+. The number of hydrogen-bond acceptors (Lipinski definition) is 9. The van der Waals surface area contributed by atoms with E-state index in [1.165, 1.54) is 53.6 Å². The molecule has 1 heterocycles. The maximum atomic E-state index is 12.8. The van der Waals surface area contributed by atoms with E-state index in [1.54, 1.807) is 24.3 Å².